The van der Waals surface area contributed by atoms with Gasteiger partial charge >= 0.3 is 7.60 Å². The quantitative estimate of drug-likeness (QED) is 0.173. The molecule has 0 amide bonds. The summed E-state index contributed by atoms with van der Waals surface area (Å²) in [6.45, 7) is 6.82. The molecular formula is C18H34ClN2O3PS. The fraction of sp³-hybridized carbons (Fsp3) is 0.833. The molecule has 0 saturated carbocycles. The van der Waals surface area contributed by atoms with Crippen LogP contribution in [0.25, 0.3) is 0 Å². The Morgan fingerprint density at radius 2 is 1.73 bits per heavy atom. The van der Waals surface area contributed by atoms with E-state index in [0.29, 0.717) is 17.8 Å². The summed E-state index contributed by atoms with van der Waals surface area (Å²) in [7, 11) is -1.44. The third-order valence-corrected chi connectivity index (χ3v) is 7.36. The number of aryl methyl sites for hydroxylation is 1. The van der Waals surface area contributed by atoms with Crippen LogP contribution < -0.4 is 4.52 Å². The lowest BCUT2D eigenvalue weighted by Gasteiger charge is -2.18. The zero-order chi connectivity index (χ0) is 19.4. The lowest BCUT2D eigenvalue weighted by Crippen LogP contribution is -2.05. The van der Waals surface area contributed by atoms with E-state index < -0.39 is 7.60 Å². The maximum absolute atomic E-state index is 13.2. The second-order valence-electron chi connectivity index (χ2n) is 6.36. The van der Waals surface area contributed by atoms with E-state index in [2.05, 4.69) is 18.9 Å². The largest absolute Gasteiger partial charge is 0.403 e. The number of aromatic nitrogens is 2. The number of rotatable bonds is 15. The molecule has 0 aliphatic carbocycles. The normalized spacial score (nSPS) is 13.7. The summed E-state index contributed by atoms with van der Waals surface area (Å²) in [5.41, 5.74) is 0. The van der Waals surface area contributed by atoms with E-state index in [9.17, 15) is 4.57 Å². The van der Waals surface area contributed by atoms with E-state index in [1.807, 2.05) is 14.0 Å². The summed E-state index contributed by atoms with van der Waals surface area (Å²) in [5, 5.41) is 5.55. The van der Waals surface area contributed by atoms with Gasteiger partial charge in [-0.25, -0.2) is 4.57 Å². The fourth-order valence-electron chi connectivity index (χ4n) is 2.54. The van der Waals surface area contributed by atoms with Crippen LogP contribution in [0.15, 0.2) is 5.03 Å². The van der Waals surface area contributed by atoms with Crippen LogP contribution in [0.1, 0.15) is 72.1 Å². The average Bonchev–Trinajstić information content (AvgIpc) is 2.86. The van der Waals surface area contributed by atoms with Crippen LogP contribution in [0.2, 0.25) is 5.02 Å². The third-order valence-electron chi connectivity index (χ3n) is 3.99. The lowest BCUT2D eigenvalue weighted by atomic mass is 10.2. The summed E-state index contributed by atoms with van der Waals surface area (Å²) >= 11 is 7.98. The molecule has 0 aliphatic rings. The second-order valence-corrected chi connectivity index (χ2v) is 10.1. The van der Waals surface area contributed by atoms with E-state index in [-0.39, 0.29) is 5.88 Å². The van der Waals surface area contributed by atoms with Crippen molar-refractivity contribution in [1.29, 1.82) is 0 Å². The molecule has 1 heterocycles. The summed E-state index contributed by atoms with van der Waals surface area (Å²) in [6, 6.07) is 0. The molecule has 0 bridgehead atoms. The maximum atomic E-state index is 13.2. The first kappa shape index (κ1) is 23.9. The highest BCUT2D eigenvalue weighted by Crippen LogP contribution is 2.51. The second kappa shape index (κ2) is 13.1. The molecule has 0 fully saturated rings. The molecule has 1 unspecified atom stereocenters. The third kappa shape index (κ3) is 8.24. The van der Waals surface area contributed by atoms with Crippen LogP contribution in [0.4, 0.5) is 0 Å². The molecule has 0 spiro atoms. The van der Waals surface area contributed by atoms with Crippen molar-refractivity contribution in [3.63, 3.8) is 0 Å². The van der Waals surface area contributed by atoms with Gasteiger partial charge in [-0.3, -0.25) is 9.21 Å². The highest BCUT2D eigenvalue weighted by atomic mass is 35.5. The zero-order valence-corrected chi connectivity index (χ0v) is 19.1. The van der Waals surface area contributed by atoms with Gasteiger partial charge in [-0.2, -0.15) is 0 Å². The Hall–Kier alpha value is -0.160. The topological polar surface area (TPSA) is 53.4 Å². The number of halogens is 1. The van der Waals surface area contributed by atoms with Gasteiger partial charge in [-0.1, -0.05) is 70.9 Å². The monoisotopic (exact) mass is 424 g/mol. The number of thioether (sulfide) groups is 1. The fourth-order valence-corrected chi connectivity index (χ4v) is 5.36. The Kier molecular flexibility index (Phi) is 12.0. The van der Waals surface area contributed by atoms with Crippen LogP contribution in [0.3, 0.4) is 0 Å². The van der Waals surface area contributed by atoms with E-state index in [0.717, 1.165) is 62.1 Å². The number of unbranched alkanes of at least 4 members (excludes halogenated alkanes) is 6. The van der Waals surface area contributed by atoms with Gasteiger partial charge in [0.1, 0.15) is 10.0 Å². The first-order valence-corrected chi connectivity index (χ1v) is 12.8. The van der Waals surface area contributed by atoms with Crippen LogP contribution in [-0.4, -0.2) is 28.3 Å². The van der Waals surface area contributed by atoms with Crippen LogP contribution in [0, 0.1) is 0 Å². The molecule has 26 heavy (non-hydrogen) atoms. The van der Waals surface area contributed by atoms with Crippen LogP contribution >= 0.6 is 31.0 Å². The zero-order valence-electron chi connectivity index (χ0n) is 16.6. The first-order chi connectivity index (χ1) is 12.5. The lowest BCUT2D eigenvalue weighted by molar-refractivity contribution is 0.254. The Bertz CT molecular complexity index is 569. The van der Waals surface area contributed by atoms with Crippen molar-refractivity contribution in [2.24, 2.45) is 7.05 Å². The van der Waals surface area contributed by atoms with Gasteiger partial charge in [0, 0.05) is 7.05 Å². The van der Waals surface area contributed by atoms with Crippen molar-refractivity contribution in [1.82, 2.24) is 9.78 Å². The van der Waals surface area contributed by atoms with Gasteiger partial charge in [0.15, 0.2) is 0 Å². The predicted molar refractivity (Wildman–Crippen MR) is 112 cm³/mol. The average molecular weight is 425 g/mol. The van der Waals surface area contributed by atoms with Crippen molar-refractivity contribution < 1.29 is 13.6 Å². The Balaban J connectivity index is 2.77. The summed E-state index contributed by atoms with van der Waals surface area (Å²) < 4.78 is 26.5. The molecule has 0 saturated heterocycles. The van der Waals surface area contributed by atoms with Gasteiger partial charge in [-0.05, 0) is 18.6 Å². The van der Waals surface area contributed by atoms with Gasteiger partial charge < -0.3 is 4.52 Å². The minimum absolute atomic E-state index is 0.220. The van der Waals surface area contributed by atoms with Gasteiger partial charge in [0.2, 0.25) is 0 Å². The predicted octanol–water partition coefficient (Wildman–Crippen LogP) is 6.93. The first-order valence-electron chi connectivity index (χ1n) is 9.75. The SMILES string of the molecule is CCCCCCOP(=O)(CCCCCC)Oc1nn(C)c(SCC)c1Cl. The molecule has 0 radical (unpaired) electrons. The molecule has 0 N–H and O–H groups in total. The van der Waals surface area contributed by atoms with Crippen molar-refractivity contribution in [2.75, 3.05) is 18.5 Å². The number of hydrogen-bond acceptors (Lipinski definition) is 5. The highest BCUT2D eigenvalue weighted by Gasteiger charge is 2.29. The van der Waals surface area contributed by atoms with Gasteiger partial charge in [0.25, 0.3) is 5.88 Å². The minimum Gasteiger partial charge on any atom is -0.403 e. The molecule has 1 atom stereocenters. The number of nitrogens with zero attached hydrogens (tertiary/aromatic N) is 2. The molecule has 1 aromatic heterocycles. The molecule has 1 rings (SSSR count). The van der Waals surface area contributed by atoms with Crippen molar-refractivity contribution >= 4 is 31.0 Å². The van der Waals surface area contributed by atoms with Crippen LogP contribution in [-0.2, 0) is 16.1 Å². The molecule has 1 aromatic rings. The molecule has 0 aromatic carbocycles. The summed E-state index contributed by atoms with van der Waals surface area (Å²) in [6.07, 6.45) is 8.80. The summed E-state index contributed by atoms with van der Waals surface area (Å²) in [5.74, 6) is 1.10. The van der Waals surface area contributed by atoms with Crippen LogP contribution in [0.5, 0.6) is 5.88 Å². The van der Waals surface area contributed by atoms with E-state index >= 15 is 0 Å². The standard InChI is InChI=1S/C18H34ClN2O3PS/c1-5-8-10-12-14-23-25(22,15-13-11-9-6-2)24-17-16(19)18(26-7-3)21(4)20-17/h5-15H2,1-4H3. The van der Waals surface area contributed by atoms with E-state index in [1.54, 1.807) is 16.4 Å². The van der Waals surface area contributed by atoms with E-state index in [1.165, 1.54) is 0 Å². The number of hydrogen-bond donors (Lipinski definition) is 0. The highest BCUT2D eigenvalue weighted by molar-refractivity contribution is 7.99. The Morgan fingerprint density at radius 3 is 2.35 bits per heavy atom. The smallest absolute Gasteiger partial charge is 0.380 e. The molecule has 8 heteroatoms. The van der Waals surface area contributed by atoms with E-state index in [4.69, 9.17) is 20.6 Å². The Morgan fingerprint density at radius 1 is 1.08 bits per heavy atom. The minimum atomic E-state index is -3.25. The maximum Gasteiger partial charge on any atom is 0.380 e. The van der Waals surface area contributed by atoms with Gasteiger partial charge in [-0.15, -0.1) is 16.9 Å². The van der Waals surface area contributed by atoms with Crippen molar-refractivity contribution in [3.8, 4) is 5.88 Å². The molecule has 0 aliphatic heterocycles. The molecule has 152 valence electrons. The van der Waals surface area contributed by atoms with Crippen molar-refractivity contribution in [3.05, 3.63) is 5.02 Å². The molecule has 5 nitrogen and oxygen atoms in total. The Labute approximate surface area is 168 Å². The van der Waals surface area contributed by atoms with Crippen molar-refractivity contribution in [2.45, 2.75) is 77.2 Å². The molecular weight excluding hydrogens is 391 g/mol. The summed E-state index contributed by atoms with van der Waals surface area (Å²) in [4.78, 5) is 0. The van der Waals surface area contributed by atoms with Gasteiger partial charge in [0.05, 0.1) is 12.8 Å².